The molecule has 22 heavy (non-hydrogen) atoms. The Balaban J connectivity index is 1.91. The molecule has 4 nitrogen and oxygen atoms in total. The summed E-state index contributed by atoms with van der Waals surface area (Å²) in [6.07, 6.45) is 11.5. The third-order valence-electron chi connectivity index (χ3n) is 3.25. The molecule has 3 rings (SSSR count). The Hall–Kier alpha value is -2.30. The van der Waals surface area contributed by atoms with E-state index < -0.39 is 0 Å². The number of halogens is 1. The summed E-state index contributed by atoms with van der Waals surface area (Å²) in [5, 5.41) is 4.00. The molecule has 1 heterocycles. The first-order valence-electron chi connectivity index (χ1n) is 6.78. The Morgan fingerprint density at radius 2 is 2.00 bits per heavy atom. The van der Waals surface area contributed by atoms with Gasteiger partial charge in [0.15, 0.2) is 5.78 Å². The topological polar surface area (TPSA) is 47.8 Å². The van der Waals surface area contributed by atoms with E-state index in [4.69, 9.17) is 0 Å². The lowest BCUT2D eigenvalue weighted by Crippen LogP contribution is -2.17. The Kier molecular flexibility index (Phi) is 4.42. The molecule has 0 atom stereocenters. The van der Waals surface area contributed by atoms with Gasteiger partial charge in [-0.3, -0.25) is 4.79 Å². The van der Waals surface area contributed by atoms with Gasteiger partial charge in [-0.25, -0.2) is 14.1 Å². The number of ketones is 1. The average Bonchev–Trinajstić information content (AvgIpc) is 3.21. The first-order valence-corrected chi connectivity index (χ1v) is 6.78. The molecule has 0 amide bonds. The van der Waals surface area contributed by atoms with Crippen molar-refractivity contribution in [2.75, 3.05) is 0 Å². The van der Waals surface area contributed by atoms with Crippen LogP contribution >= 0.6 is 0 Å². The molecule has 0 aliphatic heterocycles. The first kappa shape index (κ1) is 14.6. The molecule has 1 aliphatic rings. The lowest BCUT2D eigenvalue weighted by Gasteiger charge is -2.11. The summed E-state index contributed by atoms with van der Waals surface area (Å²) in [5.74, 6) is 0.0559. The molecule has 0 saturated heterocycles. The smallest absolute Gasteiger partial charge is 0.168 e. The highest BCUT2D eigenvalue weighted by atomic mass is 19.1. The Morgan fingerprint density at radius 1 is 1.23 bits per heavy atom. The minimum atomic E-state index is -0.367. The van der Waals surface area contributed by atoms with Gasteiger partial charge >= 0.3 is 0 Å². The fourth-order valence-corrected chi connectivity index (χ4v) is 2.16. The number of benzene rings is 1. The molecule has 0 N–H and O–H groups in total. The van der Waals surface area contributed by atoms with E-state index >= 15 is 0 Å². The van der Waals surface area contributed by atoms with Gasteiger partial charge in [-0.05, 0) is 37.8 Å². The van der Waals surface area contributed by atoms with Crippen LogP contribution in [0.15, 0.2) is 42.5 Å². The van der Waals surface area contributed by atoms with Gasteiger partial charge in [0, 0.05) is 11.1 Å². The Morgan fingerprint density at radius 3 is 2.68 bits per heavy atom. The van der Waals surface area contributed by atoms with Crippen molar-refractivity contribution in [2.24, 2.45) is 0 Å². The van der Waals surface area contributed by atoms with E-state index in [-0.39, 0.29) is 18.1 Å². The van der Waals surface area contributed by atoms with Crippen LogP contribution in [0.3, 0.4) is 0 Å². The molecule has 0 unspecified atom stereocenters. The van der Waals surface area contributed by atoms with Crippen molar-refractivity contribution in [3.05, 3.63) is 85.5 Å². The second-order valence-corrected chi connectivity index (χ2v) is 4.79. The molecule has 0 spiro atoms. The highest BCUT2D eigenvalue weighted by molar-refractivity contribution is 6.11. The second-order valence-electron chi connectivity index (χ2n) is 4.79. The highest BCUT2D eigenvalue weighted by Crippen LogP contribution is 2.28. The van der Waals surface area contributed by atoms with E-state index in [1.54, 1.807) is 50.0 Å². The molecule has 1 saturated carbocycles. The number of aromatic nitrogens is 3. The van der Waals surface area contributed by atoms with E-state index in [2.05, 4.69) is 10.1 Å². The normalized spacial score (nSPS) is 16.1. The summed E-state index contributed by atoms with van der Waals surface area (Å²) in [4.78, 5) is 16.5. The molecule has 1 aliphatic carbocycles. The number of carbonyl (C=O) groups excluding carboxylic acids is 1. The van der Waals surface area contributed by atoms with Crippen LogP contribution in [0.5, 0.6) is 0 Å². The largest absolute Gasteiger partial charge is 0.294 e. The molecule has 109 valence electrons. The van der Waals surface area contributed by atoms with E-state index in [1.807, 2.05) is 0 Å². The predicted octanol–water partition coefficient (Wildman–Crippen LogP) is 2.48. The van der Waals surface area contributed by atoms with Gasteiger partial charge in [0.2, 0.25) is 0 Å². The third-order valence-corrected chi connectivity index (χ3v) is 3.25. The number of hydrogen-bond acceptors (Lipinski definition) is 3. The SMILES string of the molecule is O=C([C]1[CH][CH][CH][CH]1)/C(=C/c1ccccc1F)Cn1cncn1. The third kappa shape index (κ3) is 3.30. The van der Waals surface area contributed by atoms with Crippen LogP contribution in [0.4, 0.5) is 4.39 Å². The van der Waals surface area contributed by atoms with Gasteiger partial charge in [0.05, 0.1) is 12.5 Å². The number of hydrogen-bond donors (Lipinski definition) is 0. The lowest BCUT2D eigenvalue weighted by atomic mass is 9.94. The van der Waals surface area contributed by atoms with Crippen molar-refractivity contribution in [1.29, 1.82) is 0 Å². The van der Waals surface area contributed by atoms with Crippen molar-refractivity contribution in [1.82, 2.24) is 14.8 Å². The maximum absolute atomic E-state index is 13.8. The summed E-state index contributed by atoms with van der Waals surface area (Å²) in [6.45, 7) is 0.234. The summed E-state index contributed by atoms with van der Waals surface area (Å²) in [7, 11) is 0. The van der Waals surface area contributed by atoms with Crippen molar-refractivity contribution in [3.63, 3.8) is 0 Å². The molecule has 5 heteroatoms. The van der Waals surface area contributed by atoms with Gasteiger partial charge in [0.25, 0.3) is 0 Å². The van der Waals surface area contributed by atoms with Gasteiger partial charge in [-0.15, -0.1) is 0 Å². The van der Waals surface area contributed by atoms with E-state index in [0.29, 0.717) is 17.1 Å². The lowest BCUT2D eigenvalue weighted by molar-refractivity contribution is -0.113. The van der Waals surface area contributed by atoms with E-state index in [0.717, 1.165) is 0 Å². The zero-order valence-corrected chi connectivity index (χ0v) is 11.7. The molecule has 1 fully saturated rings. The van der Waals surface area contributed by atoms with E-state index in [9.17, 15) is 9.18 Å². The van der Waals surface area contributed by atoms with Gasteiger partial charge < -0.3 is 0 Å². The minimum absolute atomic E-state index is 0.149. The molecule has 2 aromatic rings. The quantitative estimate of drug-likeness (QED) is 0.796. The van der Waals surface area contributed by atoms with Gasteiger partial charge in [0.1, 0.15) is 18.5 Å². The van der Waals surface area contributed by atoms with Crippen LogP contribution in [-0.2, 0) is 11.3 Å². The van der Waals surface area contributed by atoms with Crippen LogP contribution in [0, 0.1) is 37.4 Å². The van der Waals surface area contributed by atoms with Crippen LogP contribution in [0.2, 0.25) is 0 Å². The minimum Gasteiger partial charge on any atom is -0.294 e. The summed E-state index contributed by atoms with van der Waals surface area (Å²) >= 11 is 0. The molecular formula is C17H13FN3O. The number of rotatable bonds is 5. The molecule has 1 aromatic carbocycles. The molecule has 1 aromatic heterocycles. The Labute approximate surface area is 128 Å². The maximum Gasteiger partial charge on any atom is 0.168 e. The second kappa shape index (κ2) is 6.64. The van der Waals surface area contributed by atoms with Crippen molar-refractivity contribution < 1.29 is 9.18 Å². The number of allylic oxidation sites excluding steroid dienone is 1. The van der Waals surface area contributed by atoms with Gasteiger partial charge in [-0.2, -0.15) is 5.10 Å². The van der Waals surface area contributed by atoms with Crippen LogP contribution < -0.4 is 0 Å². The summed E-state index contributed by atoms with van der Waals surface area (Å²) < 4.78 is 15.4. The van der Waals surface area contributed by atoms with E-state index in [1.165, 1.54) is 23.4 Å². The number of nitrogens with zero attached hydrogens (tertiary/aromatic N) is 3. The van der Waals surface area contributed by atoms with Crippen LogP contribution in [0.25, 0.3) is 6.08 Å². The monoisotopic (exact) mass is 294 g/mol. The predicted molar refractivity (Wildman–Crippen MR) is 79.8 cm³/mol. The molecule has 0 bridgehead atoms. The van der Waals surface area contributed by atoms with Crippen molar-refractivity contribution in [3.8, 4) is 0 Å². The molecule has 5 radical (unpaired) electrons. The zero-order valence-electron chi connectivity index (χ0n) is 11.7. The Bertz CT molecular complexity index is 673. The standard InChI is InChI=1S/C17H13FN3O/c18-16-8-4-3-7-14(16)9-15(10-21-12-19-11-20-21)17(22)13-5-1-2-6-13/h1-9,11-12H,10H2/b15-9+. The summed E-state index contributed by atoms with van der Waals surface area (Å²) in [6, 6.07) is 6.35. The van der Waals surface area contributed by atoms with Crippen molar-refractivity contribution in [2.45, 2.75) is 6.54 Å². The number of carbonyl (C=O) groups is 1. The van der Waals surface area contributed by atoms with Crippen LogP contribution in [0.1, 0.15) is 5.56 Å². The van der Waals surface area contributed by atoms with Crippen molar-refractivity contribution >= 4 is 11.9 Å². The molecular weight excluding hydrogens is 281 g/mol. The fraction of sp³-hybridized carbons (Fsp3) is 0.0588. The van der Waals surface area contributed by atoms with Crippen LogP contribution in [-0.4, -0.2) is 20.5 Å². The fourth-order valence-electron chi connectivity index (χ4n) is 2.16. The maximum atomic E-state index is 13.8. The highest BCUT2D eigenvalue weighted by Gasteiger charge is 2.27. The first-order chi connectivity index (χ1) is 10.7. The average molecular weight is 294 g/mol. The zero-order chi connectivity index (χ0) is 15.4. The summed E-state index contributed by atoms with van der Waals surface area (Å²) in [5.41, 5.74) is 0.819. The number of Topliss-reactive ketones (excluding diaryl/α,β-unsaturated/α-hetero) is 1. The van der Waals surface area contributed by atoms with Gasteiger partial charge in [-0.1, -0.05) is 18.2 Å².